The van der Waals surface area contributed by atoms with E-state index in [9.17, 15) is 9.59 Å². The molecule has 0 atom stereocenters. The summed E-state index contributed by atoms with van der Waals surface area (Å²) in [5, 5.41) is 5.19. The minimum absolute atomic E-state index is 0.161. The molecule has 2 saturated heterocycles. The summed E-state index contributed by atoms with van der Waals surface area (Å²) in [5.41, 5.74) is 2.97. The molecule has 2 aromatic heterocycles. The highest BCUT2D eigenvalue weighted by atomic mass is 32.2. The number of thioether (sulfide) groups is 1. The SMILES string of the molecule is CSc1nc2nc(C)c(CCC(=O)N3CCN(CC(=O)N4CCCCC4)CC3)c(C)n2n1. The first-order valence-electron chi connectivity index (χ1n) is 11.5. The van der Waals surface area contributed by atoms with E-state index in [-0.39, 0.29) is 11.8 Å². The summed E-state index contributed by atoms with van der Waals surface area (Å²) in [4.78, 5) is 40.5. The van der Waals surface area contributed by atoms with Crippen LogP contribution in [0.3, 0.4) is 0 Å². The molecule has 0 bridgehead atoms. The maximum atomic E-state index is 12.9. The number of aromatic nitrogens is 4. The number of carbonyl (C=O) groups is 2. The zero-order valence-electron chi connectivity index (χ0n) is 19.3. The van der Waals surface area contributed by atoms with Crippen molar-refractivity contribution in [1.82, 2.24) is 34.3 Å². The number of aryl methyl sites for hydroxylation is 2. The smallest absolute Gasteiger partial charge is 0.253 e. The highest BCUT2D eigenvalue weighted by molar-refractivity contribution is 7.98. The first kappa shape index (κ1) is 23.0. The molecule has 0 spiro atoms. The van der Waals surface area contributed by atoms with Gasteiger partial charge < -0.3 is 9.80 Å². The standard InChI is InChI=1S/C22H33N7O2S/c1-16-18(17(2)29-21(23-16)24-22(25-29)32-3)7-8-19(30)28-13-11-26(12-14-28)15-20(31)27-9-5-4-6-10-27/h4-15H2,1-3H3. The van der Waals surface area contributed by atoms with Gasteiger partial charge in [-0.25, -0.2) is 9.50 Å². The summed E-state index contributed by atoms with van der Waals surface area (Å²) in [6, 6.07) is 0. The lowest BCUT2D eigenvalue weighted by atomic mass is 10.1. The third-order valence-electron chi connectivity index (χ3n) is 6.59. The second kappa shape index (κ2) is 10.2. The van der Waals surface area contributed by atoms with Gasteiger partial charge in [-0.05, 0) is 51.3 Å². The Morgan fingerprint density at radius 3 is 2.28 bits per heavy atom. The molecule has 2 aliphatic rings. The largest absolute Gasteiger partial charge is 0.342 e. The molecule has 4 heterocycles. The molecule has 2 aliphatic heterocycles. The summed E-state index contributed by atoms with van der Waals surface area (Å²) in [6.45, 7) is 9.12. The van der Waals surface area contributed by atoms with Gasteiger partial charge in [0.15, 0.2) is 0 Å². The van der Waals surface area contributed by atoms with Crippen molar-refractivity contribution in [2.75, 3.05) is 52.1 Å². The highest BCUT2D eigenvalue weighted by Gasteiger charge is 2.25. The topological polar surface area (TPSA) is 86.9 Å². The third kappa shape index (κ3) is 5.06. The predicted octanol–water partition coefficient (Wildman–Crippen LogP) is 1.55. The fourth-order valence-electron chi connectivity index (χ4n) is 4.62. The van der Waals surface area contributed by atoms with Gasteiger partial charge in [-0.1, -0.05) is 11.8 Å². The first-order chi connectivity index (χ1) is 15.5. The van der Waals surface area contributed by atoms with Crippen LogP contribution in [0.2, 0.25) is 0 Å². The van der Waals surface area contributed by atoms with Gasteiger partial charge in [0.1, 0.15) is 0 Å². The van der Waals surface area contributed by atoms with Crippen molar-refractivity contribution in [3.63, 3.8) is 0 Å². The fourth-order valence-corrected chi connectivity index (χ4v) is 4.95. The lowest BCUT2D eigenvalue weighted by Crippen LogP contribution is -2.52. The summed E-state index contributed by atoms with van der Waals surface area (Å²) in [6.07, 6.45) is 6.49. The first-order valence-corrected chi connectivity index (χ1v) is 12.7. The Morgan fingerprint density at radius 2 is 1.59 bits per heavy atom. The molecule has 2 fully saturated rings. The van der Waals surface area contributed by atoms with Crippen LogP contribution < -0.4 is 0 Å². The van der Waals surface area contributed by atoms with Crippen LogP contribution in [0.15, 0.2) is 5.16 Å². The summed E-state index contributed by atoms with van der Waals surface area (Å²) >= 11 is 1.49. The van der Waals surface area contributed by atoms with Gasteiger partial charge in [0.25, 0.3) is 5.78 Å². The Hall–Kier alpha value is -2.20. The molecule has 2 amide bonds. The van der Waals surface area contributed by atoms with E-state index in [4.69, 9.17) is 0 Å². The van der Waals surface area contributed by atoms with Gasteiger partial charge in [0.2, 0.25) is 17.0 Å². The summed E-state index contributed by atoms with van der Waals surface area (Å²) < 4.78 is 1.77. The molecule has 10 heteroatoms. The van der Waals surface area contributed by atoms with Gasteiger partial charge in [-0.3, -0.25) is 14.5 Å². The number of likely N-dealkylation sites (tertiary alicyclic amines) is 1. The van der Waals surface area contributed by atoms with Crippen LogP contribution in [0.1, 0.15) is 42.6 Å². The van der Waals surface area contributed by atoms with Crippen LogP contribution in [0.4, 0.5) is 0 Å². The van der Waals surface area contributed by atoms with Crippen LogP contribution in [-0.4, -0.2) is 98.2 Å². The maximum absolute atomic E-state index is 12.9. The molecular formula is C22H33N7O2S. The van der Waals surface area contributed by atoms with E-state index in [1.165, 1.54) is 18.2 Å². The van der Waals surface area contributed by atoms with Crippen molar-refractivity contribution in [2.24, 2.45) is 0 Å². The van der Waals surface area contributed by atoms with Gasteiger partial charge in [-0.2, -0.15) is 4.98 Å². The number of piperazine rings is 1. The van der Waals surface area contributed by atoms with Crippen molar-refractivity contribution < 1.29 is 9.59 Å². The molecule has 9 nitrogen and oxygen atoms in total. The molecule has 0 N–H and O–H groups in total. The van der Waals surface area contributed by atoms with Crippen molar-refractivity contribution in [2.45, 2.75) is 51.1 Å². The average molecular weight is 460 g/mol. The van der Waals surface area contributed by atoms with Crippen LogP contribution in [-0.2, 0) is 16.0 Å². The lowest BCUT2D eigenvalue weighted by Gasteiger charge is -2.36. The lowest BCUT2D eigenvalue weighted by molar-refractivity contribution is -0.135. The number of rotatable bonds is 6. The number of nitrogens with zero attached hydrogens (tertiary/aromatic N) is 7. The Labute approximate surface area is 193 Å². The molecule has 32 heavy (non-hydrogen) atoms. The van der Waals surface area contributed by atoms with Crippen molar-refractivity contribution in [3.05, 3.63) is 17.0 Å². The molecule has 0 aromatic carbocycles. The number of hydrogen-bond acceptors (Lipinski definition) is 7. The zero-order chi connectivity index (χ0) is 22.7. The number of hydrogen-bond donors (Lipinski definition) is 0. The van der Waals surface area contributed by atoms with Crippen molar-refractivity contribution in [1.29, 1.82) is 0 Å². The molecular weight excluding hydrogens is 426 g/mol. The predicted molar refractivity (Wildman–Crippen MR) is 124 cm³/mol. The van der Waals surface area contributed by atoms with Crippen LogP contribution >= 0.6 is 11.8 Å². The molecule has 2 aromatic rings. The second-order valence-corrected chi connectivity index (χ2v) is 9.44. The van der Waals surface area contributed by atoms with Gasteiger partial charge >= 0.3 is 0 Å². The number of amides is 2. The van der Waals surface area contributed by atoms with E-state index < -0.39 is 0 Å². The average Bonchev–Trinajstić information content (AvgIpc) is 3.23. The molecule has 174 valence electrons. The monoisotopic (exact) mass is 459 g/mol. The molecule has 0 radical (unpaired) electrons. The quantitative estimate of drug-likeness (QED) is 0.606. The fraction of sp³-hybridized carbons (Fsp3) is 0.682. The number of carbonyl (C=O) groups excluding carboxylic acids is 2. The zero-order valence-corrected chi connectivity index (χ0v) is 20.2. The van der Waals surface area contributed by atoms with Crippen molar-refractivity contribution >= 4 is 29.4 Å². The Kier molecular flexibility index (Phi) is 7.30. The normalized spacial score (nSPS) is 17.8. The van der Waals surface area contributed by atoms with Crippen LogP contribution in [0.5, 0.6) is 0 Å². The van der Waals surface area contributed by atoms with Crippen molar-refractivity contribution in [3.8, 4) is 0 Å². The van der Waals surface area contributed by atoms with E-state index in [1.807, 2.05) is 29.9 Å². The Balaban J connectivity index is 1.28. The van der Waals surface area contributed by atoms with E-state index >= 15 is 0 Å². The Morgan fingerprint density at radius 1 is 0.906 bits per heavy atom. The number of fused-ring (bicyclic) bond motifs is 1. The maximum Gasteiger partial charge on any atom is 0.253 e. The molecule has 0 saturated carbocycles. The van der Waals surface area contributed by atoms with Crippen LogP contribution in [0, 0.1) is 13.8 Å². The highest BCUT2D eigenvalue weighted by Crippen LogP contribution is 2.19. The molecule has 4 rings (SSSR count). The third-order valence-corrected chi connectivity index (χ3v) is 7.13. The minimum Gasteiger partial charge on any atom is -0.342 e. The van der Waals surface area contributed by atoms with E-state index in [2.05, 4.69) is 20.0 Å². The van der Waals surface area contributed by atoms with Gasteiger partial charge in [-0.15, -0.1) is 5.10 Å². The number of piperidine rings is 1. The van der Waals surface area contributed by atoms with E-state index in [0.717, 1.165) is 56.0 Å². The van der Waals surface area contributed by atoms with Gasteiger partial charge in [0.05, 0.1) is 6.54 Å². The van der Waals surface area contributed by atoms with E-state index in [0.29, 0.717) is 43.4 Å². The Bertz CT molecular complexity index is 978. The molecule has 0 unspecified atom stereocenters. The second-order valence-electron chi connectivity index (χ2n) is 8.67. The van der Waals surface area contributed by atoms with Crippen LogP contribution in [0.25, 0.3) is 5.78 Å². The molecule has 0 aliphatic carbocycles. The van der Waals surface area contributed by atoms with E-state index in [1.54, 1.807) is 4.52 Å². The van der Waals surface area contributed by atoms with Gasteiger partial charge in [0, 0.05) is 57.1 Å². The minimum atomic E-state index is 0.161. The summed E-state index contributed by atoms with van der Waals surface area (Å²) in [7, 11) is 0. The summed E-state index contributed by atoms with van der Waals surface area (Å²) in [5.74, 6) is 1.00.